The molecular formula is C17H24N4OS. The summed E-state index contributed by atoms with van der Waals surface area (Å²) in [6, 6.07) is 0.540. The van der Waals surface area contributed by atoms with Crippen LogP contribution in [0.2, 0.25) is 0 Å². The number of hydrogen-bond acceptors (Lipinski definition) is 5. The SMILES string of the molecule is CC1(C)CC2(CCC(Nc3cnn(-c4nccs4)c3)CC2)CO1. The van der Waals surface area contributed by atoms with E-state index in [2.05, 4.69) is 29.2 Å². The summed E-state index contributed by atoms with van der Waals surface area (Å²) in [6.07, 6.45) is 11.9. The van der Waals surface area contributed by atoms with E-state index in [0.717, 1.165) is 17.4 Å². The fourth-order valence-electron chi connectivity index (χ4n) is 4.12. The highest BCUT2D eigenvalue weighted by atomic mass is 32.1. The monoisotopic (exact) mass is 332 g/mol. The van der Waals surface area contributed by atoms with Crippen molar-refractivity contribution in [3.05, 3.63) is 24.0 Å². The molecule has 1 aliphatic carbocycles. The second kappa shape index (κ2) is 5.60. The lowest BCUT2D eigenvalue weighted by Crippen LogP contribution is -2.34. The van der Waals surface area contributed by atoms with Gasteiger partial charge in [0.05, 0.1) is 30.3 Å². The molecule has 3 heterocycles. The number of ether oxygens (including phenoxy) is 1. The van der Waals surface area contributed by atoms with Crippen LogP contribution in [-0.2, 0) is 4.74 Å². The summed E-state index contributed by atoms with van der Waals surface area (Å²) in [5.74, 6) is 0. The Hall–Kier alpha value is -1.40. The van der Waals surface area contributed by atoms with Crippen LogP contribution in [0.15, 0.2) is 24.0 Å². The van der Waals surface area contributed by atoms with Gasteiger partial charge in [-0.2, -0.15) is 5.10 Å². The van der Waals surface area contributed by atoms with E-state index in [4.69, 9.17) is 4.74 Å². The van der Waals surface area contributed by atoms with Gasteiger partial charge in [-0.1, -0.05) is 0 Å². The molecule has 1 N–H and O–H groups in total. The van der Waals surface area contributed by atoms with E-state index < -0.39 is 0 Å². The summed E-state index contributed by atoms with van der Waals surface area (Å²) >= 11 is 1.60. The summed E-state index contributed by atoms with van der Waals surface area (Å²) in [6.45, 7) is 5.38. The van der Waals surface area contributed by atoms with E-state index in [1.165, 1.54) is 32.1 Å². The second-order valence-corrected chi connectivity index (χ2v) is 8.51. The lowest BCUT2D eigenvalue weighted by Gasteiger charge is -2.37. The minimum Gasteiger partial charge on any atom is -0.380 e. The molecule has 0 atom stereocenters. The zero-order chi connectivity index (χ0) is 15.9. The Morgan fingerprint density at radius 1 is 1.35 bits per heavy atom. The van der Waals surface area contributed by atoms with Gasteiger partial charge in [-0.15, -0.1) is 11.3 Å². The normalized spacial score (nSPS) is 29.9. The molecule has 23 heavy (non-hydrogen) atoms. The molecule has 1 saturated carbocycles. The average molecular weight is 332 g/mol. The number of rotatable bonds is 3. The minimum absolute atomic E-state index is 0.0646. The third-order valence-corrected chi connectivity index (χ3v) is 5.95. The van der Waals surface area contributed by atoms with Gasteiger partial charge in [0, 0.05) is 17.6 Å². The first-order valence-corrected chi connectivity index (χ1v) is 9.27. The maximum Gasteiger partial charge on any atom is 0.210 e. The van der Waals surface area contributed by atoms with Crippen molar-refractivity contribution in [1.82, 2.24) is 14.8 Å². The molecule has 6 heteroatoms. The number of aromatic nitrogens is 3. The molecule has 0 amide bonds. The molecule has 2 aromatic rings. The fourth-order valence-corrected chi connectivity index (χ4v) is 4.69. The second-order valence-electron chi connectivity index (χ2n) is 7.63. The zero-order valence-corrected chi connectivity index (χ0v) is 14.6. The van der Waals surface area contributed by atoms with Crippen LogP contribution in [0.3, 0.4) is 0 Å². The molecule has 2 aromatic heterocycles. The van der Waals surface area contributed by atoms with E-state index in [1.54, 1.807) is 17.5 Å². The van der Waals surface area contributed by atoms with Crippen molar-refractivity contribution >= 4 is 17.0 Å². The molecule has 1 aliphatic heterocycles. The van der Waals surface area contributed by atoms with Crippen LogP contribution < -0.4 is 5.32 Å². The summed E-state index contributed by atoms with van der Waals surface area (Å²) in [5, 5.41) is 10.9. The molecular weight excluding hydrogens is 308 g/mol. The molecule has 0 bridgehead atoms. The summed E-state index contributed by atoms with van der Waals surface area (Å²) in [5.41, 5.74) is 1.58. The maximum absolute atomic E-state index is 5.99. The zero-order valence-electron chi connectivity index (χ0n) is 13.8. The van der Waals surface area contributed by atoms with Crippen LogP contribution in [0.25, 0.3) is 5.13 Å². The third kappa shape index (κ3) is 3.15. The summed E-state index contributed by atoms with van der Waals surface area (Å²) in [4.78, 5) is 4.29. The first kappa shape index (κ1) is 15.1. The van der Waals surface area contributed by atoms with Gasteiger partial charge in [-0.05, 0) is 51.4 Å². The molecule has 0 radical (unpaired) electrons. The van der Waals surface area contributed by atoms with Gasteiger partial charge >= 0.3 is 0 Å². The van der Waals surface area contributed by atoms with E-state index in [9.17, 15) is 0 Å². The van der Waals surface area contributed by atoms with Crippen LogP contribution in [0.5, 0.6) is 0 Å². The lowest BCUT2D eigenvalue weighted by molar-refractivity contribution is 0.0283. The highest BCUT2D eigenvalue weighted by Crippen LogP contribution is 2.48. The van der Waals surface area contributed by atoms with Crippen LogP contribution in [0.1, 0.15) is 46.0 Å². The molecule has 1 spiro atoms. The van der Waals surface area contributed by atoms with Crippen LogP contribution in [0.4, 0.5) is 5.69 Å². The predicted octanol–water partition coefficient (Wildman–Crippen LogP) is 3.87. The Balaban J connectivity index is 1.35. The molecule has 2 fully saturated rings. The average Bonchev–Trinajstić information content (AvgIpc) is 3.22. The standard InChI is InChI=1S/C17H24N4OS/c1-16(2)11-17(12-22-16)5-3-13(4-6-17)20-14-9-19-21(10-14)15-18-7-8-23-15/h7-10,13,20H,3-6,11-12H2,1-2H3. The fraction of sp³-hybridized carbons (Fsp3) is 0.647. The van der Waals surface area contributed by atoms with Gasteiger partial charge in [0.25, 0.3) is 0 Å². The molecule has 1 saturated heterocycles. The van der Waals surface area contributed by atoms with Gasteiger partial charge < -0.3 is 10.1 Å². The van der Waals surface area contributed by atoms with Gasteiger partial charge in [-0.3, -0.25) is 0 Å². The van der Waals surface area contributed by atoms with Crippen molar-refractivity contribution < 1.29 is 4.74 Å². The smallest absolute Gasteiger partial charge is 0.210 e. The molecule has 4 rings (SSSR count). The van der Waals surface area contributed by atoms with Crippen LogP contribution >= 0.6 is 11.3 Å². The van der Waals surface area contributed by atoms with E-state index >= 15 is 0 Å². The van der Waals surface area contributed by atoms with Gasteiger partial charge in [0.1, 0.15) is 0 Å². The van der Waals surface area contributed by atoms with Crippen LogP contribution in [-0.4, -0.2) is 33.0 Å². The Morgan fingerprint density at radius 2 is 2.17 bits per heavy atom. The van der Waals surface area contributed by atoms with E-state index in [-0.39, 0.29) is 5.60 Å². The Morgan fingerprint density at radius 3 is 2.83 bits per heavy atom. The largest absolute Gasteiger partial charge is 0.380 e. The number of anilines is 1. The molecule has 124 valence electrons. The van der Waals surface area contributed by atoms with Gasteiger partial charge in [-0.25, -0.2) is 9.67 Å². The predicted molar refractivity (Wildman–Crippen MR) is 92.2 cm³/mol. The molecule has 2 aliphatic rings. The number of thiazole rings is 1. The molecule has 0 unspecified atom stereocenters. The lowest BCUT2D eigenvalue weighted by atomic mass is 9.70. The Labute approximate surface area is 141 Å². The first-order valence-electron chi connectivity index (χ1n) is 8.39. The van der Waals surface area contributed by atoms with Gasteiger partial charge in [0.2, 0.25) is 5.13 Å². The number of nitrogens with zero attached hydrogens (tertiary/aromatic N) is 3. The Bertz CT molecular complexity index is 656. The van der Waals surface area contributed by atoms with Crippen molar-refractivity contribution in [2.24, 2.45) is 5.41 Å². The highest BCUT2D eigenvalue weighted by Gasteiger charge is 2.45. The van der Waals surface area contributed by atoms with Crippen molar-refractivity contribution in [1.29, 1.82) is 0 Å². The maximum atomic E-state index is 5.99. The quantitative estimate of drug-likeness (QED) is 0.927. The third-order valence-electron chi connectivity index (χ3n) is 5.18. The summed E-state index contributed by atoms with van der Waals surface area (Å²) < 4.78 is 7.83. The number of hydrogen-bond donors (Lipinski definition) is 1. The molecule has 0 aromatic carbocycles. The van der Waals surface area contributed by atoms with Crippen molar-refractivity contribution in [2.75, 3.05) is 11.9 Å². The minimum atomic E-state index is 0.0646. The van der Waals surface area contributed by atoms with Crippen molar-refractivity contribution in [2.45, 2.75) is 57.6 Å². The topological polar surface area (TPSA) is 52.0 Å². The highest BCUT2D eigenvalue weighted by molar-refractivity contribution is 7.12. The molecule has 5 nitrogen and oxygen atoms in total. The van der Waals surface area contributed by atoms with E-state index in [1.807, 2.05) is 22.5 Å². The first-order chi connectivity index (χ1) is 11.0. The van der Waals surface area contributed by atoms with Crippen LogP contribution in [0, 0.1) is 5.41 Å². The van der Waals surface area contributed by atoms with Crippen molar-refractivity contribution in [3.8, 4) is 5.13 Å². The Kier molecular flexibility index (Phi) is 3.69. The number of nitrogens with one attached hydrogen (secondary N) is 1. The summed E-state index contributed by atoms with van der Waals surface area (Å²) in [7, 11) is 0. The van der Waals surface area contributed by atoms with Crippen molar-refractivity contribution in [3.63, 3.8) is 0 Å². The van der Waals surface area contributed by atoms with Gasteiger partial charge in [0.15, 0.2) is 0 Å². The van der Waals surface area contributed by atoms with E-state index in [0.29, 0.717) is 11.5 Å².